The first-order valence-electron chi connectivity index (χ1n) is 8.80. The van der Waals surface area contributed by atoms with Gasteiger partial charge in [-0.15, -0.1) is 0 Å². The van der Waals surface area contributed by atoms with E-state index in [2.05, 4.69) is 20.9 Å². The van der Waals surface area contributed by atoms with Gasteiger partial charge in [-0.05, 0) is 29.8 Å². The van der Waals surface area contributed by atoms with Crippen LogP contribution < -0.4 is 16.0 Å². The first-order valence-corrected chi connectivity index (χ1v) is 8.80. The highest BCUT2D eigenvalue weighted by molar-refractivity contribution is 5.94. The summed E-state index contributed by atoms with van der Waals surface area (Å²) in [5.41, 5.74) is 1.86. The normalized spacial score (nSPS) is 11.6. The molecule has 0 saturated heterocycles. The number of hydrogen-bond acceptors (Lipinski definition) is 3. The van der Waals surface area contributed by atoms with Gasteiger partial charge in [0.2, 0.25) is 5.91 Å². The first-order chi connectivity index (χ1) is 13.9. The van der Waals surface area contributed by atoms with Crippen molar-refractivity contribution in [3.63, 3.8) is 0 Å². The number of aliphatic carboxylic acids is 1. The van der Waals surface area contributed by atoms with Crippen LogP contribution in [0.4, 0.5) is 14.9 Å². The smallest absolute Gasteiger partial charge is 0.326 e. The Labute approximate surface area is 165 Å². The third kappa shape index (κ3) is 5.32. The van der Waals surface area contributed by atoms with Crippen molar-refractivity contribution in [2.45, 2.75) is 12.5 Å². The summed E-state index contributed by atoms with van der Waals surface area (Å²) in [7, 11) is 0. The summed E-state index contributed by atoms with van der Waals surface area (Å²) in [5.74, 6) is -2.28. The molecule has 29 heavy (non-hydrogen) atoms. The van der Waals surface area contributed by atoms with Gasteiger partial charge in [-0.1, -0.05) is 24.3 Å². The monoisotopic (exact) mass is 398 g/mol. The summed E-state index contributed by atoms with van der Waals surface area (Å²) in [6, 6.07) is 10.8. The van der Waals surface area contributed by atoms with Crippen LogP contribution in [-0.2, 0) is 16.0 Å². The van der Waals surface area contributed by atoms with Crippen molar-refractivity contribution in [2.24, 2.45) is 0 Å². The molecule has 0 fully saturated rings. The highest BCUT2D eigenvalue weighted by atomic mass is 19.1. The van der Waals surface area contributed by atoms with Crippen molar-refractivity contribution in [2.75, 3.05) is 11.9 Å². The molecule has 1 aromatic heterocycles. The minimum Gasteiger partial charge on any atom is -0.480 e. The van der Waals surface area contributed by atoms with Crippen molar-refractivity contribution in [1.82, 2.24) is 15.6 Å². The Bertz CT molecular complexity index is 1050. The summed E-state index contributed by atoms with van der Waals surface area (Å²) in [4.78, 5) is 38.5. The number of carboxylic acids is 1. The second-order valence-electron chi connectivity index (χ2n) is 6.34. The molecule has 2 aromatic carbocycles. The van der Waals surface area contributed by atoms with E-state index in [1.807, 2.05) is 24.3 Å². The molecule has 1 heterocycles. The van der Waals surface area contributed by atoms with Crippen LogP contribution in [0.25, 0.3) is 10.9 Å². The molecule has 0 aliphatic heterocycles. The fraction of sp³-hybridized carbons (Fsp3) is 0.150. The summed E-state index contributed by atoms with van der Waals surface area (Å²) in [6.07, 6.45) is 1.77. The van der Waals surface area contributed by atoms with Crippen LogP contribution in [0.2, 0.25) is 0 Å². The zero-order valence-corrected chi connectivity index (χ0v) is 15.2. The predicted octanol–water partition coefficient (Wildman–Crippen LogP) is 2.24. The van der Waals surface area contributed by atoms with Crippen LogP contribution >= 0.6 is 0 Å². The Morgan fingerprint density at radius 2 is 1.90 bits per heavy atom. The zero-order chi connectivity index (χ0) is 20.8. The number of anilines is 1. The van der Waals surface area contributed by atoms with Gasteiger partial charge in [0.15, 0.2) is 0 Å². The average Bonchev–Trinajstić information content (AvgIpc) is 3.09. The molecule has 0 aliphatic carbocycles. The van der Waals surface area contributed by atoms with Crippen LogP contribution in [0.3, 0.4) is 0 Å². The molecule has 9 heteroatoms. The molecule has 0 bridgehead atoms. The number of fused-ring (bicyclic) bond motifs is 1. The fourth-order valence-corrected chi connectivity index (χ4v) is 2.86. The standard InChI is InChI=1S/C20H19FN4O4/c21-13-4-3-5-14(9-13)24-18(26)11-23-20(29)25-17(19(27)28)8-12-10-22-16-7-2-1-6-15(12)16/h1-7,9-10,17,22H,8,11H2,(H,24,26)(H,27,28)(H2,23,25,29)/t17-/m1/s1. The van der Waals surface area contributed by atoms with Gasteiger partial charge >= 0.3 is 12.0 Å². The molecule has 3 amide bonds. The van der Waals surface area contributed by atoms with Crippen LogP contribution in [-0.4, -0.2) is 40.6 Å². The number of benzene rings is 2. The Kier molecular flexibility index (Phi) is 6.08. The van der Waals surface area contributed by atoms with Crippen LogP contribution in [0.5, 0.6) is 0 Å². The molecule has 8 nitrogen and oxygen atoms in total. The Hall–Kier alpha value is -3.88. The third-order valence-corrected chi connectivity index (χ3v) is 4.22. The molecule has 3 rings (SSSR count). The molecule has 3 aromatic rings. The van der Waals surface area contributed by atoms with Gasteiger partial charge in [-0.2, -0.15) is 0 Å². The molecule has 0 unspecified atom stereocenters. The molecule has 0 aliphatic rings. The summed E-state index contributed by atoms with van der Waals surface area (Å²) in [6.45, 7) is -0.401. The number of hydrogen-bond donors (Lipinski definition) is 5. The van der Waals surface area contributed by atoms with Crippen LogP contribution in [0.15, 0.2) is 54.7 Å². The first kappa shape index (κ1) is 19.9. The molecule has 0 radical (unpaired) electrons. The number of carboxylic acid groups (broad SMARTS) is 1. The van der Waals surface area contributed by atoms with Gasteiger partial charge in [-0.3, -0.25) is 4.79 Å². The van der Waals surface area contributed by atoms with Crippen molar-refractivity contribution in [1.29, 1.82) is 0 Å². The lowest BCUT2D eigenvalue weighted by atomic mass is 10.1. The number of carbonyl (C=O) groups is 3. The summed E-state index contributed by atoms with van der Waals surface area (Å²) >= 11 is 0. The fourth-order valence-electron chi connectivity index (χ4n) is 2.86. The second-order valence-corrected chi connectivity index (χ2v) is 6.34. The molecule has 0 saturated carbocycles. The second kappa shape index (κ2) is 8.87. The van der Waals surface area contributed by atoms with E-state index in [1.165, 1.54) is 18.2 Å². The highest BCUT2D eigenvalue weighted by Crippen LogP contribution is 2.19. The molecule has 150 valence electrons. The predicted molar refractivity (Wildman–Crippen MR) is 105 cm³/mol. The largest absolute Gasteiger partial charge is 0.480 e. The molecular formula is C20H19FN4O4. The van der Waals surface area contributed by atoms with Crippen molar-refractivity contribution in [3.8, 4) is 0 Å². The van der Waals surface area contributed by atoms with Gasteiger partial charge in [0.1, 0.15) is 11.9 Å². The number of nitrogens with one attached hydrogen (secondary N) is 4. The van der Waals surface area contributed by atoms with Gasteiger partial charge in [0, 0.05) is 29.2 Å². The van der Waals surface area contributed by atoms with Gasteiger partial charge < -0.3 is 26.0 Å². The van der Waals surface area contributed by atoms with E-state index in [9.17, 15) is 23.9 Å². The summed E-state index contributed by atoms with van der Waals surface area (Å²) in [5, 5.41) is 17.4. The Balaban J connectivity index is 1.54. The summed E-state index contributed by atoms with van der Waals surface area (Å²) < 4.78 is 13.1. The number of carbonyl (C=O) groups excluding carboxylic acids is 2. The third-order valence-electron chi connectivity index (χ3n) is 4.22. The lowest BCUT2D eigenvalue weighted by Crippen LogP contribution is -2.48. The number of aromatic amines is 1. The Morgan fingerprint density at radius 1 is 1.10 bits per heavy atom. The van der Waals surface area contributed by atoms with Crippen molar-refractivity contribution < 1.29 is 23.9 Å². The maximum Gasteiger partial charge on any atom is 0.326 e. The number of halogens is 1. The van der Waals surface area contributed by atoms with Gasteiger partial charge in [-0.25, -0.2) is 14.0 Å². The number of amides is 3. The van der Waals surface area contributed by atoms with Crippen molar-refractivity contribution >= 4 is 34.5 Å². The number of H-pyrrole nitrogens is 1. The van der Waals surface area contributed by atoms with E-state index in [4.69, 9.17) is 0 Å². The number of urea groups is 1. The number of aromatic nitrogens is 1. The lowest BCUT2D eigenvalue weighted by molar-refractivity contribution is -0.139. The lowest BCUT2D eigenvalue weighted by Gasteiger charge is -2.15. The SMILES string of the molecule is O=C(CNC(=O)N[C@H](Cc1c[nH]c2ccccc12)C(=O)O)Nc1cccc(F)c1. The molecule has 0 spiro atoms. The van der Waals surface area contributed by atoms with Crippen LogP contribution in [0, 0.1) is 5.82 Å². The van der Waals surface area contributed by atoms with E-state index in [0.29, 0.717) is 0 Å². The quantitative estimate of drug-likeness (QED) is 0.419. The molecule has 5 N–H and O–H groups in total. The van der Waals surface area contributed by atoms with Crippen molar-refractivity contribution in [3.05, 3.63) is 66.1 Å². The number of para-hydroxylation sites is 1. The van der Waals surface area contributed by atoms with E-state index >= 15 is 0 Å². The maximum atomic E-state index is 13.1. The van der Waals surface area contributed by atoms with E-state index in [1.54, 1.807) is 6.20 Å². The van der Waals surface area contributed by atoms with E-state index in [-0.39, 0.29) is 12.1 Å². The molecular weight excluding hydrogens is 379 g/mol. The van der Waals surface area contributed by atoms with E-state index < -0.39 is 36.3 Å². The average molecular weight is 398 g/mol. The highest BCUT2D eigenvalue weighted by Gasteiger charge is 2.22. The van der Waals surface area contributed by atoms with E-state index in [0.717, 1.165) is 22.5 Å². The minimum absolute atomic E-state index is 0.0717. The van der Waals surface area contributed by atoms with Gasteiger partial charge in [0.05, 0.1) is 6.54 Å². The number of rotatable bonds is 7. The van der Waals surface area contributed by atoms with Crippen LogP contribution in [0.1, 0.15) is 5.56 Å². The van der Waals surface area contributed by atoms with Gasteiger partial charge in [0.25, 0.3) is 0 Å². The topological polar surface area (TPSA) is 123 Å². The zero-order valence-electron chi connectivity index (χ0n) is 15.2. The minimum atomic E-state index is -1.20. The maximum absolute atomic E-state index is 13.1. The molecule has 1 atom stereocenters. The Morgan fingerprint density at radius 3 is 2.66 bits per heavy atom.